The zero-order valence-corrected chi connectivity index (χ0v) is 12.9. The van der Waals surface area contributed by atoms with Crippen LogP contribution in [0.2, 0.25) is 0 Å². The minimum atomic E-state index is -0.110. The van der Waals surface area contributed by atoms with Crippen LogP contribution in [-0.2, 0) is 11.3 Å². The van der Waals surface area contributed by atoms with Crippen molar-refractivity contribution in [2.24, 2.45) is 0 Å². The van der Waals surface area contributed by atoms with Crippen molar-refractivity contribution in [3.05, 3.63) is 70.7 Å². The second-order valence-electron chi connectivity index (χ2n) is 5.61. The number of benzene rings is 1. The van der Waals surface area contributed by atoms with Gasteiger partial charge in [0.25, 0.3) is 5.91 Å². The molecule has 0 aliphatic carbocycles. The van der Waals surface area contributed by atoms with Crippen LogP contribution in [-0.4, -0.2) is 21.9 Å². The smallest absolute Gasteiger partial charge is 0.251 e. The van der Waals surface area contributed by atoms with Gasteiger partial charge in [0.05, 0.1) is 12.6 Å². The predicted octanol–water partition coefficient (Wildman–Crippen LogP) is 2.88. The molecule has 0 radical (unpaired) electrons. The molecule has 4 rings (SSSR count). The molecule has 2 aliphatic heterocycles. The summed E-state index contributed by atoms with van der Waals surface area (Å²) in [6, 6.07) is 14.4. The average molecular weight is 311 g/mol. The zero-order valence-electron chi connectivity index (χ0n) is 12.1. The molecule has 0 spiro atoms. The average Bonchev–Trinajstić information content (AvgIpc) is 3.20. The third-order valence-electron chi connectivity index (χ3n) is 4.16. The van der Waals surface area contributed by atoms with Crippen LogP contribution in [0.5, 0.6) is 0 Å². The first kappa shape index (κ1) is 13.5. The second kappa shape index (κ2) is 5.59. The number of rotatable bonds is 3. The molecular weight excluding hydrogens is 294 g/mol. The summed E-state index contributed by atoms with van der Waals surface area (Å²) in [6.45, 7) is 0.629. The highest BCUT2D eigenvalue weighted by Gasteiger charge is 2.40. The highest BCUT2D eigenvalue weighted by Crippen LogP contribution is 2.33. The van der Waals surface area contributed by atoms with Gasteiger partial charge in [-0.05, 0) is 17.0 Å². The lowest BCUT2D eigenvalue weighted by atomic mass is 10.1. The van der Waals surface area contributed by atoms with Gasteiger partial charge in [0.2, 0.25) is 0 Å². The fourth-order valence-corrected chi connectivity index (χ4v) is 3.81. The summed E-state index contributed by atoms with van der Waals surface area (Å²) in [6.07, 6.45) is 4.66. The van der Waals surface area contributed by atoms with E-state index in [0.29, 0.717) is 6.54 Å². The largest absolute Gasteiger partial charge is 0.311 e. The van der Waals surface area contributed by atoms with Crippen molar-refractivity contribution in [3.8, 4) is 0 Å². The van der Waals surface area contributed by atoms with Crippen LogP contribution in [0, 0.1) is 0 Å². The van der Waals surface area contributed by atoms with Gasteiger partial charge in [-0.3, -0.25) is 4.79 Å². The lowest BCUT2D eigenvalue weighted by Crippen LogP contribution is -2.47. The van der Waals surface area contributed by atoms with Gasteiger partial charge in [-0.2, -0.15) is 0 Å². The fraction of sp³-hybridized carbons (Fsp3) is 0.235. The number of thiophene rings is 1. The molecule has 2 atom stereocenters. The molecule has 0 saturated carbocycles. The molecule has 1 N–H and O–H groups in total. The molecule has 112 valence electrons. The molecule has 4 nitrogen and oxygen atoms in total. The lowest BCUT2D eigenvalue weighted by Gasteiger charge is -2.31. The van der Waals surface area contributed by atoms with Crippen molar-refractivity contribution in [2.45, 2.75) is 25.0 Å². The Bertz CT molecular complexity index is 683. The van der Waals surface area contributed by atoms with Crippen molar-refractivity contribution >= 4 is 17.2 Å². The maximum absolute atomic E-state index is 12.7. The number of hydrazine groups is 1. The van der Waals surface area contributed by atoms with E-state index in [2.05, 4.69) is 35.1 Å². The Kier molecular flexibility index (Phi) is 3.44. The fourth-order valence-electron chi connectivity index (χ4n) is 3.02. The predicted molar refractivity (Wildman–Crippen MR) is 86.6 cm³/mol. The van der Waals surface area contributed by atoms with E-state index in [9.17, 15) is 4.79 Å². The highest BCUT2D eigenvalue weighted by molar-refractivity contribution is 7.10. The van der Waals surface area contributed by atoms with Crippen LogP contribution in [0.25, 0.3) is 0 Å². The minimum Gasteiger partial charge on any atom is -0.311 e. The van der Waals surface area contributed by atoms with E-state index < -0.39 is 0 Å². The summed E-state index contributed by atoms with van der Waals surface area (Å²) in [7, 11) is 0. The molecule has 0 bridgehead atoms. The summed E-state index contributed by atoms with van der Waals surface area (Å²) < 4.78 is 0. The van der Waals surface area contributed by atoms with Gasteiger partial charge in [-0.15, -0.1) is 11.3 Å². The van der Waals surface area contributed by atoms with E-state index in [1.165, 1.54) is 4.88 Å². The molecule has 2 aromatic rings. The third kappa shape index (κ3) is 2.42. The molecule has 2 unspecified atom stereocenters. The van der Waals surface area contributed by atoms with Crippen molar-refractivity contribution in [3.63, 3.8) is 0 Å². The SMILES string of the molecule is O=C1C2CC(c3cccs3)NN2C=CN1Cc1ccccc1. The van der Waals surface area contributed by atoms with Gasteiger partial charge in [0.1, 0.15) is 6.04 Å². The van der Waals surface area contributed by atoms with E-state index in [-0.39, 0.29) is 18.0 Å². The molecule has 2 aliphatic rings. The summed E-state index contributed by atoms with van der Waals surface area (Å²) in [5, 5.41) is 4.03. The van der Waals surface area contributed by atoms with E-state index in [1.54, 1.807) is 11.3 Å². The van der Waals surface area contributed by atoms with Crippen LogP contribution in [0.15, 0.2) is 60.2 Å². The number of nitrogens with zero attached hydrogens (tertiary/aromatic N) is 2. The number of carbonyl (C=O) groups is 1. The maximum Gasteiger partial charge on any atom is 0.251 e. The van der Waals surface area contributed by atoms with Crippen LogP contribution >= 0.6 is 11.3 Å². The summed E-state index contributed by atoms with van der Waals surface area (Å²) in [4.78, 5) is 15.8. The number of fused-ring (bicyclic) bond motifs is 1. The number of nitrogens with one attached hydrogen (secondary N) is 1. The van der Waals surface area contributed by atoms with E-state index in [0.717, 1.165) is 12.0 Å². The Morgan fingerprint density at radius 1 is 1.14 bits per heavy atom. The van der Waals surface area contributed by atoms with Gasteiger partial charge >= 0.3 is 0 Å². The van der Waals surface area contributed by atoms with Crippen molar-refractivity contribution in [1.29, 1.82) is 0 Å². The van der Waals surface area contributed by atoms with Gasteiger partial charge in [0, 0.05) is 23.7 Å². The lowest BCUT2D eigenvalue weighted by molar-refractivity contribution is -0.134. The maximum atomic E-state index is 12.7. The molecule has 1 aromatic carbocycles. The second-order valence-corrected chi connectivity index (χ2v) is 6.59. The van der Waals surface area contributed by atoms with Gasteiger partial charge in [-0.25, -0.2) is 5.43 Å². The summed E-state index contributed by atoms with van der Waals surface area (Å²) in [5.74, 6) is 0.165. The van der Waals surface area contributed by atoms with Gasteiger partial charge in [0.15, 0.2) is 0 Å². The van der Waals surface area contributed by atoms with Gasteiger partial charge in [-0.1, -0.05) is 36.4 Å². The van der Waals surface area contributed by atoms with E-state index in [1.807, 2.05) is 40.5 Å². The monoisotopic (exact) mass is 311 g/mol. The number of carbonyl (C=O) groups excluding carboxylic acids is 1. The Morgan fingerprint density at radius 2 is 2.00 bits per heavy atom. The first-order chi connectivity index (χ1) is 10.8. The van der Waals surface area contributed by atoms with Gasteiger partial charge < -0.3 is 9.91 Å². The van der Waals surface area contributed by atoms with E-state index in [4.69, 9.17) is 0 Å². The number of hydrogen-bond donors (Lipinski definition) is 1. The molecule has 1 fully saturated rings. The minimum absolute atomic E-state index is 0.110. The van der Waals surface area contributed by atoms with Crippen molar-refractivity contribution in [1.82, 2.24) is 15.3 Å². The first-order valence-corrected chi connectivity index (χ1v) is 8.30. The Labute approximate surface area is 133 Å². The molecular formula is C17H17N3OS. The molecule has 22 heavy (non-hydrogen) atoms. The topological polar surface area (TPSA) is 35.6 Å². The third-order valence-corrected chi connectivity index (χ3v) is 5.14. The Morgan fingerprint density at radius 3 is 2.77 bits per heavy atom. The molecule has 1 amide bonds. The normalized spacial score (nSPS) is 23.9. The highest BCUT2D eigenvalue weighted by atomic mass is 32.1. The summed E-state index contributed by atoms with van der Waals surface area (Å²) >= 11 is 1.73. The van der Waals surface area contributed by atoms with Crippen LogP contribution in [0.1, 0.15) is 22.9 Å². The van der Waals surface area contributed by atoms with Crippen molar-refractivity contribution in [2.75, 3.05) is 0 Å². The van der Waals surface area contributed by atoms with E-state index >= 15 is 0 Å². The van der Waals surface area contributed by atoms with Crippen molar-refractivity contribution < 1.29 is 4.79 Å². The van der Waals surface area contributed by atoms with Crippen LogP contribution in [0.3, 0.4) is 0 Å². The Balaban J connectivity index is 1.50. The Hall–Kier alpha value is -2.11. The van der Waals surface area contributed by atoms with Crippen LogP contribution in [0.4, 0.5) is 0 Å². The molecule has 3 heterocycles. The number of hydrogen-bond acceptors (Lipinski definition) is 4. The standard InChI is InChI=1S/C17H17N3OS/c21-17-15-11-14(16-7-4-10-22-16)18-20(15)9-8-19(17)12-13-5-2-1-3-6-13/h1-10,14-15,18H,11-12H2. The molecule has 1 aromatic heterocycles. The quantitative estimate of drug-likeness (QED) is 0.947. The molecule has 1 saturated heterocycles. The first-order valence-electron chi connectivity index (χ1n) is 7.42. The molecule has 5 heteroatoms. The van der Waals surface area contributed by atoms with Crippen LogP contribution < -0.4 is 5.43 Å². The summed E-state index contributed by atoms with van der Waals surface area (Å²) in [5.41, 5.74) is 4.57. The zero-order chi connectivity index (χ0) is 14.9. The number of amides is 1.